The molecule has 0 amide bonds. The molecule has 2 aromatic carbocycles. The Labute approximate surface area is 204 Å². The minimum Gasteiger partial charge on any atom is -0.414 e. The molecule has 0 saturated heterocycles. The second-order valence-corrected chi connectivity index (χ2v) is 15.8. The third kappa shape index (κ3) is 4.36. The molecule has 0 aliphatic carbocycles. The Kier molecular flexibility index (Phi) is 6.22. The van der Waals surface area contributed by atoms with Crippen LogP contribution >= 0.6 is 27.5 Å². The minimum absolute atomic E-state index is 0.109. The molecule has 3 aromatic rings. The van der Waals surface area contributed by atoms with Gasteiger partial charge in [-0.25, -0.2) is 0 Å². The first-order valence-corrected chi connectivity index (χ1v) is 14.8. The predicted octanol–water partition coefficient (Wildman–Crippen LogP) is 6.91. The van der Waals surface area contributed by atoms with E-state index >= 15 is 0 Å². The highest BCUT2D eigenvalue weighted by atomic mass is 79.9. The van der Waals surface area contributed by atoms with Gasteiger partial charge in [-0.15, -0.1) is 10.2 Å². The molecule has 32 heavy (non-hydrogen) atoms. The van der Waals surface area contributed by atoms with E-state index in [4.69, 9.17) is 21.0 Å². The zero-order valence-corrected chi connectivity index (χ0v) is 22.6. The SMILES string of the molecule is Cc1nnc2n1-c1ccc(Br)cc1C(c1ccc(Cl)cc1)=N[C@H]2CO[Si](C)(C)C(C)(C)C. The zero-order valence-electron chi connectivity index (χ0n) is 19.3. The average Bonchev–Trinajstić information content (AvgIpc) is 3.03. The highest BCUT2D eigenvalue weighted by Gasteiger charge is 2.39. The summed E-state index contributed by atoms with van der Waals surface area (Å²) in [6, 6.07) is 13.8. The molecule has 0 N–H and O–H groups in total. The van der Waals surface area contributed by atoms with E-state index in [2.05, 4.69) is 76.7 Å². The van der Waals surface area contributed by atoms with Crippen molar-refractivity contribution in [1.29, 1.82) is 0 Å². The van der Waals surface area contributed by atoms with Gasteiger partial charge in [-0.3, -0.25) is 9.56 Å². The van der Waals surface area contributed by atoms with Crippen LogP contribution in [0.25, 0.3) is 5.69 Å². The van der Waals surface area contributed by atoms with Gasteiger partial charge in [0.05, 0.1) is 18.0 Å². The zero-order chi connectivity index (χ0) is 23.3. The van der Waals surface area contributed by atoms with Crippen LogP contribution in [0.5, 0.6) is 0 Å². The van der Waals surface area contributed by atoms with E-state index in [-0.39, 0.29) is 11.1 Å². The topological polar surface area (TPSA) is 52.3 Å². The third-order valence-electron chi connectivity index (χ3n) is 6.41. The second kappa shape index (κ2) is 8.52. The molecule has 1 aliphatic rings. The van der Waals surface area contributed by atoms with E-state index in [1.165, 1.54) is 0 Å². The quantitative estimate of drug-likeness (QED) is 0.344. The van der Waals surface area contributed by atoms with E-state index < -0.39 is 8.32 Å². The molecule has 0 bridgehead atoms. The highest BCUT2D eigenvalue weighted by molar-refractivity contribution is 9.10. The summed E-state index contributed by atoms with van der Waals surface area (Å²) in [4.78, 5) is 5.22. The van der Waals surface area contributed by atoms with Crippen LogP contribution in [0.2, 0.25) is 23.2 Å². The normalized spacial score (nSPS) is 16.2. The van der Waals surface area contributed by atoms with Crippen molar-refractivity contribution in [2.24, 2.45) is 4.99 Å². The summed E-state index contributed by atoms with van der Waals surface area (Å²) in [5.41, 5.74) is 3.92. The number of hydrogen-bond acceptors (Lipinski definition) is 4. The Morgan fingerprint density at radius 3 is 2.44 bits per heavy atom. The monoisotopic (exact) mass is 530 g/mol. The molecular formula is C24H28BrClN4OSi. The lowest BCUT2D eigenvalue weighted by Crippen LogP contribution is -2.41. The van der Waals surface area contributed by atoms with Gasteiger partial charge in [0, 0.05) is 20.6 Å². The summed E-state index contributed by atoms with van der Waals surface area (Å²) in [6.45, 7) is 13.7. The second-order valence-electron chi connectivity index (χ2n) is 9.67. The number of fused-ring (bicyclic) bond motifs is 3. The van der Waals surface area contributed by atoms with Crippen molar-refractivity contribution in [3.8, 4) is 5.69 Å². The Bertz CT molecular complexity index is 1180. The number of benzene rings is 2. The van der Waals surface area contributed by atoms with E-state index in [1.54, 1.807) is 0 Å². The molecule has 1 aromatic heterocycles. The minimum atomic E-state index is -1.97. The molecule has 0 spiro atoms. The van der Waals surface area contributed by atoms with Gasteiger partial charge in [-0.2, -0.15) is 0 Å². The molecule has 0 unspecified atom stereocenters. The Hall–Kier alpha value is -1.80. The molecule has 8 heteroatoms. The van der Waals surface area contributed by atoms with Crippen molar-refractivity contribution >= 4 is 41.6 Å². The number of hydrogen-bond donors (Lipinski definition) is 0. The molecule has 0 saturated carbocycles. The largest absolute Gasteiger partial charge is 0.414 e. The molecule has 168 valence electrons. The number of nitrogens with zero attached hydrogens (tertiary/aromatic N) is 4. The van der Waals surface area contributed by atoms with Crippen molar-refractivity contribution in [3.63, 3.8) is 0 Å². The fourth-order valence-electron chi connectivity index (χ4n) is 3.52. The first-order chi connectivity index (χ1) is 15.0. The van der Waals surface area contributed by atoms with Gasteiger partial charge in [-0.05, 0) is 55.4 Å². The van der Waals surface area contributed by atoms with Crippen LogP contribution in [0.1, 0.15) is 49.6 Å². The van der Waals surface area contributed by atoms with E-state index in [0.29, 0.717) is 11.6 Å². The molecule has 5 nitrogen and oxygen atoms in total. The summed E-state index contributed by atoms with van der Waals surface area (Å²) in [5, 5.41) is 9.72. The number of halogens is 2. The van der Waals surface area contributed by atoms with Gasteiger partial charge in [0.1, 0.15) is 11.9 Å². The molecule has 2 heterocycles. The molecule has 0 fully saturated rings. The summed E-state index contributed by atoms with van der Waals surface area (Å²) < 4.78 is 9.69. The van der Waals surface area contributed by atoms with Crippen LogP contribution in [0.15, 0.2) is 51.9 Å². The predicted molar refractivity (Wildman–Crippen MR) is 137 cm³/mol. The van der Waals surface area contributed by atoms with Gasteiger partial charge in [0.2, 0.25) is 0 Å². The van der Waals surface area contributed by atoms with Gasteiger partial charge in [-0.1, -0.05) is 60.4 Å². The first-order valence-electron chi connectivity index (χ1n) is 10.7. The number of aryl methyl sites for hydroxylation is 1. The average molecular weight is 532 g/mol. The maximum absolute atomic E-state index is 6.60. The molecule has 1 atom stereocenters. The molecular weight excluding hydrogens is 504 g/mol. The van der Waals surface area contributed by atoms with Crippen LogP contribution in [0.4, 0.5) is 0 Å². The van der Waals surface area contributed by atoms with Crippen molar-refractivity contribution in [1.82, 2.24) is 14.8 Å². The molecule has 4 rings (SSSR count). The van der Waals surface area contributed by atoms with E-state index in [9.17, 15) is 0 Å². The van der Waals surface area contributed by atoms with Crippen LogP contribution in [-0.4, -0.2) is 35.4 Å². The van der Waals surface area contributed by atoms with Gasteiger partial charge in [0.25, 0.3) is 0 Å². The standard InChI is InChI=1S/C24H28BrClN4OSi/c1-15-28-29-23-20(14-31-32(5,6)24(2,3)4)27-22(16-7-10-18(26)11-8-16)19-13-17(25)9-12-21(19)30(15)23/h7-13,20H,14H2,1-6H3/t20-/m0/s1. The lowest BCUT2D eigenvalue weighted by molar-refractivity contribution is 0.261. The smallest absolute Gasteiger partial charge is 0.192 e. The Balaban J connectivity index is 1.88. The van der Waals surface area contributed by atoms with Crippen molar-refractivity contribution in [3.05, 3.63) is 74.7 Å². The van der Waals surface area contributed by atoms with Crippen molar-refractivity contribution in [2.75, 3.05) is 6.61 Å². The summed E-state index contributed by atoms with van der Waals surface area (Å²) in [7, 11) is -1.97. The van der Waals surface area contributed by atoms with Crippen molar-refractivity contribution < 1.29 is 4.43 Å². The highest BCUT2D eigenvalue weighted by Crippen LogP contribution is 2.38. The van der Waals surface area contributed by atoms with E-state index in [1.807, 2.05) is 37.3 Å². The molecule has 1 aliphatic heterocycles. The van der Waals surface area contributed by atoms with Crippen LogP contribution in [-0.2, 0) is 4.43 Å². The summed E-state index contributed by atoms with van der Waals surface area (Å²) >= 11 is 9.81. The van der Waals surface area contributed by atoms with Crippen molar-refractivity contribution in [2.45, 2.75) is 51.9 Å². The number of aliphatic imine (C=N–C) groups is 1. The summed E-state index contributed by atoms with van der Waals surface area (Å²) in [6.07, 6.45) is 0. The van der Waals surface area contributed by atoms with Gasteiger partial charge < -0.3 is 4.43 Å². The Morgan fingerprint density at radius 2 is 1.78 bits per heavy atom. The van der Waals surface area contributed by atoms with Crippen LogP contribution < -0.4 is 0 Å². The first kappa shape index (κ1) is 23.4. The lowest BCUT2D eigenvalue weighted by atomic mass is 10.0. The maximum Gasteiger partial charge on any atom is 0.192 e. The maximum atomic E-state index is 6.60. The van der Waals surface area contributed by atoms with Crippen LogP contribution in [0.3, 0.4) is 0 Å². The van der Waals surface area contributed by atoms with Gasteiger partial charge in [0.15, 0.2) is 14.1 Å². The lowest BCUT2D eigenvalue weighted by Gasteiger charge is -2.36. The summed E-state index contributed by atoms with van der Waals surface area (Å²) in [5.74, 6) is 1.63. The fourth-order valence-corrected chi connectivity index (χ4v) is 5.02. The van der Waals surface area contributed by atoms with Gasteiger partial charge >= 0.3 is 0 Å². The van der Waals surface area contributed by atoms with E-state index in [0.717, 1.165) is 38.6 Å². The third-order valence-corrected chi connectivity index (χ3v) is 11.7. The number of aromatic nitrogens is 3. The van der Waals surface area contributed by atoms with Crippen LogP contribution in [0, 0.1) is 6.92 Å². The Morgan fingerprint density at radius 1 is 1.09 bits per heavy atom. The number of rotatable bonds is 4. The fraction of sp³-hybridized carbons (Fsp3) is 0.375. The molecule has 0 radical (unpaired) electrons.